The van der Waals surface area contributed by atoms with Gasteiger partial charge in [0, 0.05) is 18.5 Å². The van der Waals surface area contributed by atoms with E-state index in [0.717, 1.165) is 5.56 Å². The summed E-state index contributed by atoms with van der Waals surface area (Å²) in [4.78, 5) is 37.6. The van der Waals surface area contributed by atoms with E-state index >= 15 is 4.39 Å². The standard InChI is InChI=1S/C28H27ClFN5O5/c1-17(36)40-28(3)21(14-38-25(37)18-9-5-4-6-10-18)39-26(27(28,2)30)35-16-34-22-23(32-15-33-24(22)35)31-13-19-11-7-8-12-20(19)29/h4-12,15-16,21,26H,13-14H2,1-3H3,(H,31,32,33)/t21-,26+,27+,28+/m1/s1. The molecule has 4 aromatic rings. The molecule has 2 aromatic heterocycles. The number of hydrogen-bond donors (Lipinski definition) is 1. The van der Waals surface area contributed by atoms with Crippen LogP contribution in [0.5, 0.6) is 0 Å². The van der Waals surface area contributed by atoms with Crippen molar-refractivity contribution in [3.8, 4) is 0 Å². The van der Waals surface area contributed by atoms with Crippen LogP contribution in [-0.2, 0) is 25.5 Å². The average Bonchev–Trinajstić information content (AvgIpc) is 3.43. The Balaban J connectivity index is 1.43. The van der Waals surface area contributed by atoms with Gasteiger partial charge in [-0.25, -0.2) is 24.1 Å². The molecular weight excluding hydrogens is 541 g/mol. The number of esters is 2. The average molecular weight is 568 g/mol. The highest BCUT2D eigenvalue weighted by atomic mass is 35.5. The summed E-state index contributed by atoms with van der Waals surface area (Å²) in [5, 5.41) is 3.80. The minimum Gasteiger partial charge on any atom is -0.459 e. The first-order chi connectivity index (χ1) is 19.1. The molecule has 1 N–H and O–H groups in total. The number of benzene rings is 2. The second-order valence-corrected chi connectivity index (χ2v) is 10.1. The van der Waals surface area contributed by atoms with Crippen LogP contribution in [-0.4, -0.2) is 55.4 Å². The Hall–Kier alpha value is -4.09. The fourth-order valence-corrected chi connectivity index (χ4v) is 4.95. The van der Waals surface area contributed by atoms with Gasteiger partial charge in [0.25, 0.3) is 0 Å². The van der Waals surface area contributed by atoms with Crippen molar-refractivity contribution in [2.45, 2.75) is 50.9 Å². The zero-order valence-electron chi connectivity index (χ0n) is 22.0. The second-order valence-electron chi connectivity index (χ2n) is 9.71. The van der Waals surface area contributed by atoms with E-state index in [1.165, 1.54) is 38.0 Å². The van der Waals surface area contributed by atoms with E-state index in [-0.39, 0.29) is 12.3 Å². The molecule has 1 aliphatic heterocycles. The lowest BCUT2D eigenvalue weighted by molar-refractivity contribution is -0.175. The lowest BCUT2D eigenvalue weighted by Crippen LogP contribution is -2.55. The van der Waals surface area contributed by atoms with E-state index in [4.69, 9.17) is 25.8 Å². The highest BCUT2D eigenvalue weighted by molar-refractivity contribution is 6.31. The van der Waals surface area contributed by atoms with Crippen molar-refractivity contribution in [3.63, 3.8) is 0 Å². The van der Waals surface area contributed by atoms with Crippen LogP contribution in [0, 0.1) is 0 Å². The van der Waals surface area contributed by atoms with Gasteiger partial charge in [-0.05, 0) is 37.6 Å². The van der Waals surface area contributed by atoms with Crippen LogP contribution < -0.4 is 5.32 Å². The third-order valence-corrected chi connectivity index (χ3v) is 7.46. The summed E-state index contributed by atoms with van der Waals surface area (Å²) in [7, 11) is 0. The number of alkyl halides is 1. The minimum absolute atomic E-state index is 0.289. The van der Waals surface area contributed by atoms with Crippen LogP contribution in [0.2, 0.25) is 5.02 Å². The van der Waals surface area contributed by atoms with E-state index in [9.17, 15) is 9.59 Å². The van der Waals surface area contributed by atoms with Crippen molar-refractivity contribution in [1.82, 2.24) is 19.5 Å². The number of hydrogen-bond acceptors (Lipinski definition) is 9. The number of carbonyl (C=O) groups excluding carboxylic acids is 2. The lowest BCUT2D eigenvalue weighted by Gasteiger charge is -2.36. The molecule has 0 radical (unpaired) electrons. The molecule has 0 unspecified atom stereocenters. The van der Waals surface area contributed by atoms with Crippen molar-refractivity contribution < 1.29 is 28.2 Å². The van der Waals surface area contributed by atoms with Gasteiger partial charge in [-0.3, -0.25) is 9.36 Å². The third-order valence-electron chi connectivity index (χ3n) is 7.09. The topological polar surface area (TPSA) is 117 Å². The van der Waals surface area contributed by atoms with Gasteiger partial charge in [0.05, 0.1) is 11.9 Å². The zero-order chi connectivity index (χ0) is 28.5. The first-order valence-electron chi connectivity index (χ1n) is 12.5. The Kier molecular flexibility index (Phi) is 7.43. The maximum atomic E-state index is 16.7. The number of fused-ring (bicyclic) bond motifs is 1. The van der Waals surface area contributed by atoms with Gasteiger partial charge in [-0.2, -0.15) is 0 Å². The first-order valence-corrected chi connectivity index (χ1v) is 12.9. The summed E-state index contributed by atoms with van der Waals surface area (Å²) in [6.45, 7) is 3.88. The van der Waals surface area contributed by atoms with Crippen LogP contribution in [0.3, 0.4) is 0 Å². The number of nitrogens with zero attached hydrogens (tertiary/aromatic N) is 4. The first kappa shape index (κ1) is 27.5. The number of rotatable bonds is 8. The molecule has 5 rings (SSSR count). The van der Waals surface area contributed by atoms with Gasteiger partial charge >= 0.3 is 11.9 Å². The Morgan fingerprint density at radius 1 is 1.10 bits per heavy atom. The van der Waals surface area contributed by atoms with Crippen molar-refractivity contribution in [2.24, 2.45) is 0 Å². The van der Waals surface area contributed by atoms with Gasteiger partial charge in [-0.15, -0.1) is 0 Å². The minimum atomic E-state index is -2.29. The fraction of sp³-hybridized carbons (Fsp3) is 0.321. The predicted molar refractivity (Wildman–Crippen MR) is 144 cm³/mol. The zero-order valence-corrected chi connectivity index (χ0v) is 22.8. The molecule has 1 fully saturated rings. The highest BCUT2D eigenvalue weighted by Gasteiger charge is 2.66. The van der Waals surface area contributed by atoms with E-state index in [1.54, 1.807) is 36.4 Å². The Labute approximate surface area is 234 Å². The van der Waals surface area contributed by atoms with Crippen LogP contribution in [0.15, 0.2) is 67.3 Å². The van der Waals surface area contributed by atoms with Crippen LogP contribution in [0.1, 0.15) is 42.9 Å². The number of nitrogens with one attached hydrogen (secondary N) is 1. The Morgan fingerprint density at radius 3 is 2.55 bits per heavy atom. The SMILES string of the molecule is CC(=O)O[C@@]1(C)[C@@H](COC(=O)c2ccccc2)O[C@H](n2cnc3c(NCc4ccccc4Cl)ncnc32)[C@]1(C)F. The quantitative estimate of drug-likeness (QED) is 0.297. The predicted octanol–water partition coefficient (Wildman–Crippen LogP) is 4.90. The molecule has 1 aliphatic rings. The molecule has 0 saturated carbocycles. The normalized spacial score (nSPS) is 24.1. The molecule has 1 saturated heterocycles. The molecule has 40 heavy (non-hydrogen) atoms. The molecule has 0 amide bonds. The molecule has 0 spiro atoms. The van der Waals surface area contributed by atoms with Crippen LogP contribution in [0.25, 0.3) is 11.2 Å². The monoisotopic (exact) mass is 567 g/mol. The maximum absolute atomic E-state index is 16.7. The Bertz CT molecular complexity index is 1550. The van der Waals surface area contributed by atoms with Crippen molar-refractivity contribution in [1.29, 1.82) is 0 Å². The smallest absolute Gasteiger partial charge is 0.338 e. The molecule has 208 valence electrons. The van der Waals surface area contributed by atoms with Gasteiger partial charge < -0.3 is 19.5 Å². The number of anilines is 1. The third kappa shape index (κ3) is 4.98. The Morgan fingerprint density at radius 2 is 1.82 bits per heavy atom. The van der Waals surface area contributed by atoms with Gasteiger partial charge in [0.2, 0.25) is 0 Å². The van der Waals surface area contributed by atoms with E-state index in [1.807, 2.05) is 18.2 Å². The summed E-state index contributed by atoms with van der Waals surface area (Å²) in [5.74, 6) is -0.911. The second kappa shape index (κ2) is 10.8. The largest absolute Gasteiger partial charge is 0.459 e. The maximum Gasteiger partial charge on any atom is 0.338 e. The molecule has 4 atom stereocenters. The van der Waals surface area contributed by atoms with Crippen LogP contribution >= 0.6 is 11.6 Å². The number of aromatic nitrogens is 4. The summed E-state index contributed by atoms with van der Waals surface area (Å²) in [6, 6.07) is 15.7. The summed E-state index contributed by atoms with van der Waals surface area (Å²) >= 11 is 6.27. The van der Waals surface area contributed by atoms with Crippen LogP contribution in [0.4, 0.5) is 10.2 Å². The number of ether oxygens (including phenoxy) is 3. The lowest BCUT2D eigenvalue weighted by atomic mass is 9.84. The molecule has 0 bridgehead atoms. The molecule has 3 heterocycles. The summed E-state index contributed by atoms with van der Waals surface area (Å²) < 4.78 is 35.2. The molecular formula is C28H27ClFN5O5. The molecule has 0 aliphatic carbocycles. The number of carbonyl (C=O) groups is 2. The van der Waals surface area contributed by atoms with E-state index in [0.29, 0.717) is 28.5 Å². The number of halogens is 2. The highest BCUT2D eigenvalue weighted by Crippen LogP contribution is 2.51. The van der Waals surface area contributed by atoms with Gasteiger partial charge in [0.1, 0.15) is 19.0 Å². The fourth-order valence-electron chi connectivity index (χ4n) is 4.74. The molecule has 10 nitrogen and oxygen atoms in total. The van der Waals surface area contributed by atoms with E-state index in [2.05, 4.69) is 20.3 Å². The summed E-state index contributed by atoms with van der Waals surface area (Å²) in [6.07, 6.45) is 0.245. The van der Waals surface area contributed by atoms with Crippen molar-refractivity contribution >= 4 is 40.5 Å². The van der Waals surface area contributed by atoms with E-state index < -0.39 is 35.5 Å². The molecule has 2 aromatic carbocycles. The molecule has 12 heteroatoms. The van der Waals surface area contributed by atoms with Crippen molar-refractivity contribution in [2.75, 3.05) is 11.9 Å². The van der Waals surface area contributed by atoms with Crippen molar-refractivity contribution in [3.05, 3.63) is 83.4 Å². The summed E-state index contributed by atoms with van der Waals surface area (Å²) in [5.41, 5.74) is -2.25. The van der Waals surface area contributed by atoms with Gasteiger partial charge in [0.15, 0.2) is 34.5 Å². The van der Waals surface area contributed by atoms with Gasteiger partial charge in [-0.1, -0.05) is 48.0 Å². The number of imidazole rings is 1.